The lowest BCUT2D eigenvalue weighted by Gasteiger charge is -2.06. The van der Waals surface area contributed by atoms with E-state index in [-0.39, 0.29) is 27.4 Å². The van der Waals surface area contributed by atoms with Crippen LogP contribution in [0.3, 0.4) is 0 Å². The lowest BCUT2D eigenvalue weighted by molar-refractivity contribution is 0.381. The monoisotopic (exact) mass is 374 g/mol. The summed E-state index contributed by atoms with van der Waals surface area (Å²) in [6.45, 7) is 4.31. The van der Waals surface area contributed by atoms with Crippen molar-refractivity contribution in [2.45, 2.75) is 20.3 Å². The van der Waals surface area contributed by atoms with Crippen LogP contribution in [0.15, 0.2) is 30.7 Å². The van der Waals surface area contributed by atoms with E-state index in [0.29, 0.717) is 0 Å². The predicted octanol–water partition coefficient (Wildman–Crippen LogP) is -2.16. The van der Waals surface area contributed by atoms with Gasteiger partial charge in [0.15, 0.2) is 0 Å². The second-order valence-corrected chi connectivity index (χ2v) is 4.94. The van der Waals surface area contributed by atoms with E-state index in [2.05, 4.69) is 42.0 Å². The standard InChI is InChI=1S/C12H14N2.H2O4S.5H2O/c1-9-4-3-5-11(10(9)2)6-12-7-13-8-14-12;1-5(2,3)4;;;;;/h3-5,7-8H,6H2,1-2H3,(H,13,14);(H2,1,2,3,4);5*1H2. The van der Waals surface area contributed by atoms with Gasteiger partial charge in [-0.1, -0.05) is 18.2 Å². The summed E-state index contributed by atoms with van der Waals surface area (Å²) in [6, 6.07) is 6.41. The number of nitrogens with one attached hydrogen (secondary N) is 1. The summed E-state index contributed by atoms with van der Waals surface area (Å²) in [5.41, 5.74) is 5.17. The highest BCUT2D eigenvalue weighted by Crippen LogP contribution is 2.15. The summed E-state index contributed by atoms with van der Waals surface area (Å²) in [4.78, 5) is 7.20. The van der Waals surface area contributed by atoms with Gasteiger partial charge in [0.2, 0.25) is 0 Å². The van der Waals surface area contributed by atoms with Crippen LogP contribution in [0.25, 0.3) is 0 Å². The van der Waals surface area contributed by atoms with Crippen LogP contribution in [-0.4, -0.2) is 54.9 Å². The molecule has 1 aromatic carbocycles. The van der Waals surface area contributed by atoms with Crippen LogP contribution in [0.4, 0.5) is 0 Å². The van der Waals surface area contributed by atoms with Gasteiger partial charge in [0, 0.05) is 12.6 Å². The molecule has 2 aromatic rings. The molecule has 2 rings (SSSR count). The first-order chi connectivity index (χ1) is 8.77. The Balaban J connectivity index is -0.000000108. The van der Waals surface area contributed by atoms with Crippen molar-refractivity contribution in [3.63, 3.8) is 0 Å². The van der Waals surface area contributed by atoms with E-state index in [1.54, 1.807) is 6.33 Å². The van der Waals surface area contributed by atoms with E-state index in [1.165, 1.54) is 16.7 Å². The van der Waals surface area contributed by atoms with Crippen molar-refractivity contribution >= 4 is 10.4 Å². The van der Waals surface area contributed by atoms with E-state index in [1.807, 2.05) is 6.20 Å². The van der Waals surface area contributed by atoms with Crippen LogP contribution in [0.1, 0.15) is 22.4 Å². The van der Waals surface area contributed by atoms with E-state index < -0.39 is 10.4 Å². The molecule has 0 amide bonds. The Morgan fingerprint density at radius 3 is 1.96 bits per heavy atom. The van der Waals surface area contributed by atoms with Gasteiger partial charge in [-0.15, -0.1) is 0 Å². The van der Waals surface area contributed by atoms with Crippen LogP contribution in [0.2, 0.25) is 0 Å². The fourth-order valence-corrected chi connectivity index (χ4v) is 1.59. The molecule has 0 radical (unpaired) electrons. The summed E-state index contributed by atoms with van der Waals surface area (Å²) >= 11 is 0. The maximum absolute atomic E-state index is 8.74. The number of aryl methyl sites for hydroxylation is 1. The molecule has 0 saturated heterocycles. The number of hydrogen-bond donors (Lipinski definition) is 3. The zero-order valence-corrected chi connectivity index (χ0v) is 14.0. The van der Waals surface area contributed by atoms with Crippen molar-refractivity contribution in [1.82, 2.24) is 9.97 Å². The fraction of sp³-hybridized carbons (Fsp3) is 0.250. The first-order valence-corrected chi connectivity index (χ1v) is 6.89. The summed E-state index contributed by atoms with van der Waals surface area (Å²) in [5, 5.41) is 0. The molecule has 0 aliphatic carbocycles. The van der Waals surface area contributed by atoms with E-state index in [4.69, 9.17) is 17.5 Å². The normalized spacial score (nSPS) is 8.50. The highest BCUT2D eigenvalue weighted by molar-refractivity contribution is 7.79. The van der Waals surface area contributed by atoms with Gasteiger partial charge in [0.1, 0.15) is 0 Å². The van der Waals surface area contributed by atoms with Gasteiger partial charge in [-0.25, -0.2) is 4.98 Å². The minimum absolute atomic E-state index is 0. The highest BCUT2D eigenvalue weighted by atomic mass is 32.3. The van der Waals surface area contributed by atoms with Crippen molar-refractivity contribution < 1.29 is 44.9 Å². The molecule has 0 spiro atoms. The molecule has 0 aliphatic heterocycles. The summed E-state index contributed by atoms with van der Waals surface area (Å²) in [5.74, 6) is 0. The van der Waals surface area contributed by atoms with Crippen molar-refractivity contribution in [3.05, 3.63) is 53.1 Å². The van der Waals surface area contributed by atoms with Gasteiger partial charge in [-0.2, -0.15) is 8.42 Å². The van der Waals surface area contributed by atoms with Crippen LogP contribution in [0.5, 0.6) is 0 Å². The summed E-state index contributed by atoms with van der Waals surface area (Å²) < 4.78 is 31.6. The molecule has 0 atom stereocenters. The molecule has 24 heavy (non-hydrogen) atoms. The van der Waals surface area contributed by atoms with Crippen LogP contribution in [-0.2, 0) is 16.8 Å². The summed E-state index contributed by atoms with van der Waals surface area (Å²) in [6.07, 6.45) is 4.58. The SMILES string of the molecule is Cc1cccc(Cc2c[nH]cn2)c1C.O.O.O.O.O.O=S(=O)(O)O. The molecular formula is C12H26N2O9S. The molecule has 144 valence electrons. The van der Waals surface area contributed by atoms with Crippen molar-refractivity contribution in [2.75, 3.05) is 0 Å². The van der Waals surface area contributed by atoms with Gasteiger partial charge >= 0.3 is 10.4 Å². The minimum Gasteiger partial charge on any atom is -0.412 e. The molecule has 0 bridgehead atoms. The lowest BCUT2D eigenvalue weighted by atomic mass is 10.0. The number of benzene rings is 1. The maximum atomic E-state index is 8.74. The average molecular weight is 374 g/mol. The molecule has 12 heteroatoms. The number of nitrogens with zero attached hydrogens (tertiary/aromatic N) is 1. The largest absolute Gasteiger partial charge is 0.412 e. The Morgan fingerprint density at radius 2 is 1.54 bits per heavy atom. The quantitative estimate of drug-likeness (QED) is 0.494. The smallest absolute Gasteiger partial charge is 0.394 e. The Bertz CT molecular complexity index is 622. The number of hydrogen-bond acceptors (Lipinski definition) is 3. The van der Waals surface area contributed by atoms with Crippen molar-refractivity contribution in [3.8, 4) is 0 Å². The van der Waals surface area contributed by atoms with E-state index in [0.717, 1.165) is 12.1 Å². The van der Waals surface area contributed by atoms with Gasteiger partial charge in [-0.05, 0) is 30.5 Å². The first kappa shape index (κ1) is 33.6. The van der Waals surface area contributed by atoms with Crippen LogP contribution >= 0.6 is 0 Å². The highest BCUT2D eigenvalue weighted by Gasteiger charge is 2.02. The van der Waals surface area contributed by atoms with Crippen LogP contribution < -0.4 is 0 Å². The maximum Gasteiger partial charge on any atom is 0.394 e. The Hall–Kier alpha value is -1.90. The molecule has 11 nitrogen and oxygen atoms in total. The second-order valence-electron chi connectivity index (χ2n) is 4.04. The molecule has 0 unspecified atom stereocenters. The molecule has 0 aliphatic rings. The average Bonchev–Trinajstić information content (AvgIpc) is 2.75. The molecule has 1 heterocycles. The second kappa shape index (κ2) is 14.7. The Labute approximate surface area is 139 Å². The van der Waals surface area contributed by atoms with Gasteiger partial charge in [0.05, 0.1) is 12.0 Å². The summed E-state index contributed by atoms with van der Waals surface area (Å²) in [7, 11) is -4.67. The lowest BCUT2D eigenvalue weighted by Crippen LogP contribution is -1.93. The molecule has 0 saturated carbocycles. The van der Waals surface area contributed by atoms with E-state index >= 15 is 0 Å². The Morgan fingerprint density at radius 1 is 1.04 bits per heavy atom. The third-order valence-electron chi connectivity index (χ3n) is 2.64. The van der Waals surface area contributed by atoms with Crippen molar-refractivity contribution in [2.24, 2.45) is 0 Å². The number of imidazole rings is 1. The number of aromatic amines is 1. The molecule has 1 aromatic heterocycles. The zero-order valence-electron chi connectivity index (χ0n) is 13.2. The molecule has 0 fully saturated rings. The molecular weight excluding hydrogens is 348 g/mol. The zero-order chi connectivity index (χ0) is 14.5. The fourth-order valence-electron chi connectivity index (χ4n) is 1.59. The number of rotatable bonds is 2. The van der Waals surface area contributed by atoms with Gasteiger partial charge in [-0.3, -0.25) is 9.11 Å². The minimum atomic E-state index is -4.67. The van der Waals surface area contributed by atoms with Crippen molar-refractivity contribution in [1.29, 1.82) is 0 Å². The predicted molar refractivity (Wildman–Crippen MR) is 89.6 cm³/mol. The molecule has 13 N–H and O–H groups in total. The third-order valence-corrected chi connectivity index (χ3v) is 2.64. The topological polar surface area (TPSA) is 261 Å². The van der Waals surface area contributed by atoms with Gasteiger partial charge in [0.25, 0.3) is 0 Å². The van der Waals surface area contributed by atoms with Gasteiger partial charge < -0.3 is 32.4 Å². The number of H-pyrrole nitrogens is 1. The van der Waals surface area contributed by atoms with E-state index in [9.17, 15) is 0 Å². The van der Waals surface area contributed by atoms with Crippen LogP contribution in [0, 0.1) is 13.8 Å². The number of aromatic nitrogens is 2. The Kier molecular flexibility index (Phi) is 20.6. The third kappa shape index (κ3) is 13.7. The first-order valence-electron chi connectivity index (χ1n) is 5.50.